The minimum atomic E-state index is -0.109. The predicted octanol–water partition coefficient (Wildman–Crippen LogP) is 4.77. The van der Waals surface area contributed by atoms with Crippen LogP contribution >= 0.6 is 11.3 Å². The minimum Gasteiger partial charge on any atom is -0.338 e. The van der Waals surface area contributed by atoms with Gasteiger partial charge in [-0.25, -0.2) is 4.79 Å². The van der Waals surface area contributed by atoms with E-state index in [0.29, 0.717) is 6.54 Å². The molecule has 1 aromatic heterocycles. The van der Waals surface area contributed by atoms with Crippen LogP contribution in [0.25, 0.3) is 10.1 Å². The molecule has 1 N–H and O–H groups in total. The number of hydrogen-bond donors (Lipinski definition) is 1. The number of thiophene rings is 1. The number of nitrogens with zero attached hydrogens (tertiary/aromatic N) is 1. The summed E-state index contributed by atoms with van der Waals surface area (Å²) in [6.07, 6.45) is 0. The van der Waals surface area contributed by atoms with Gasteiger partial charge < -0.3 is 5.32 Å². The summed E-state index contributed by atoms with van der Waals surface area (Å²) in [7, 11) is 0. The third-order valence-electron chi connectivity index (χ3n) is 3.26. The molecule has 0 atom stereocenters. The third kappa shape index (κ3) is 2.62. The zero-order chi connectivity index (χ0) is 14.7. The van der Waals surface area contributed by atoms with Crippen LogP contribution < -0.4 is 10.2 Å². The Labute approximate surface area is 127 Å². The molecule has 4 heteroatoms. The lowest BCUT2D eigenvalue weighted by Crippen LogP contribution is -2.36. The first-order valence-corrected chi connectivity index (χ1v) is 7.78. The highest BCUT2D eigenvalue weighted by molar-refractivity contribution is 7.17. The Balaban J connectivity index is 2.15. The van der Waals surface area contributed by atoms with Gasteiger partial charge in [-0.1, -0.05) is 24.3 Å². The normalized spacial score (nSPS) is 10.5. The van der Waals surface area contributed by atoms with Crippen molar-refractivity contribution in [1.29, 1.82) is 0 Å². The van der Waals surface area contributed by atoms with Crippen molar-refractivity contribution in [2.24, 2.45) is 0 Å². The van der Waals surface area contributed by atoms with E-state index in [1.165, 1.54) is 4.70 Å². The van der Waals surface area contributed by atoms with Crippen molar-refractivity contribution < 1.29 is 4.79 Å². The van der Waals surface area contributed by atoms with Gasteiger partial charge in [0.1, 0.15) is 0 Å². The molecule has 2 aromatic carbocycles. The molecule has 0 unspecified atom stereocenters. The van der Waals surface area contributed by atoms with Crippen molar-refractivity contribution in [2.75, 3.05) is 11.4 Å². The van der Waals surface area contributed by atoms with Gasteiger partial charge in [-0.15, -0.1) is 11.3 Å². The van der Waals surface area contributed by atoms with Crippen molar-refractivity contribution in [3.8, 4) is 0 Å². The summed E-state index contributed by atoms with van der Waals surface area (Å²) in [5, 5.41) is 6.04. The lowest BCUT2D eigenvalue weighted by molar-refractivity contribution is 0.249. The lowest BCUT2D eigenvalue weighted by Gasteiger charge is -2.24. The van der Waals surface area contributed by atoms with E-state index in [0.717, 1.165) is 16.8 Å². The predicted molar refractivity (Wildman–Crippen MR) is 89.5 cm³/mol. The van der Waals surface area contributed by atoms with Crippen LogP contribution in [0, 0.1) is 0 Å². The number of anilines is 2. The van der Waals surface area contributed by atoms with Gasteiger partial charge in [-0.05, 0) is 42.6 Å². The Bertz CT molecular complexity index is 752. The fourth-order valence-corrected chi connectivity index (χ4v) is 3.15. The van der Waals surface area contributed by atoms with Gasteiger partial charge in [0.05, 0.1) is 11.4 Å². The van der Waals surface area contributed by atoms with Crippen LogP contribution in [0.15, 0.2) is 60.0 Å². The van der Waals surface area contributed by atoms with Crippen LogP contribution in [0.5, 0.6) is 0 Å². The molecule has 21 heavy (non-hydrogen) atoms. The number of benzene rings is 2. The fraction of sp³-hybridized carbons (Fsp3) is 0.118. The van der Waals surface area contributed by atoms with Crippen molar-refractivity contribution >= 4 is 38.8 Å². The molecule has 0 aliphatic heterocycles. The topological polar surface area (TPSA) is 32.3 Å². The standard InChI is InChI=1S/C17H16N2OS/c1-2-18-17(20)19(13-7-4-3-5-8-13)15-9-6-10-16-14(15)11-12-21-16/h3-12H,2H2,1H3,(H,18,20). The summed E-state index contributed by atoms with van der Waals surface area (Å²) in [4.78, 5) is 14.3. The van der Waals surface area contributed by atoms with E-state index in [4.69, 9.17) is 0 Å². The molecular formula is C17H16N2OS. The van der Waals surface area contributed by atoms with E-state index < -0.39 is 0 Å². The van der Waals surface area contributed by atoms with E-state index in [1.807, 2.05) is 49.4 Å². The molecule has 106 valence electrons. The summed E-state index contributed by atoms with van der Waals surface area (Å²) < 4.78 is 1.18. The molecule has 3 rings (SSSR count). The Morgan fingerprint density at radius 2 is 1.90 bits per heavy atom. The van der Waals surface area contributed by atoms with Gasteiger partial charge in [0.2, 0.25) is 0 Å². The van der Waals surface area contributed by atoms with Crippen LogP contribution in [0.2, 0.25) is 0 Å². The van der Waals surface area contributed by atoms with E-state index in [-0.39, 0.29) is 6.03 Å². The van der Waals surface area contributed by atoms with E-state index in [1.54, 1.807) is 16.2 Å². The van der Waals surface area contributed by atoms with Crippen LogP contribution in [0.3, 0.4) is 0 Å². The minimum absolute atomic E-state index is 0.109. The highest BCUT2D eigenvalue weighted by Crippen LogP contribution is 2.34. The number of amides is 2. The molecule has 3 aromatic rings. The Kier molecular flexibility index (Phi) is 3.88. The monoisotopic (exact) mass is 296 g/mol. The zero-order valence-electron chi connectivity index (χ0n) is 11.7. The third-order valence-corrected chi connectivity index (χ3v) is 4.14. The van der Waals surface area contributed by atoms with E-state index in [2.05, 4.69) is 22.8 Å². The summed E-state index contributed by atoms with van der Waals surface area (Å²) in [6, 6.07) is 17.7. The maximum absolute atomic E-state index is 12.5. The number of fused-ring (bicyclic) bond motifs is 1. The number of para-hydroxylation sites is 1. The molecule has 0 aliphatic rings. The van der Waals surface area contributed by atoms with Gasteiger partial charge in [-0.3, -0.25) is 4.90 Å². The molecule has 0 radical (unpaired) electrons. The van der Waals surface area contributed by atoms with Crippen LogP contribution in [-0.2, 0) is 0 Å². The maximum Gasteiger partial charge on any atom is 0.326 e. The van der Waals surface area contributed by atoms with Gasteiger partial charge >= 0.3 is 6.03 Å². The van der Waals surface area contributed by atoms with Gasteiger partial charge in [-0.2, -0.15) is 0 Å². The second-order valence-corrected chi connectivity index (χ2v) is 5.56. The quantitative estimate of drug-likeness (QED) is 0.742. The smallest absolute Gasteiger partial charge is 0.326 e. The van der Waals surface area contributed by atoms with E-state index in [9.17, 15) is 4.79 Å². The maximum atomic E-state index is 12.5. The molecule has 0 fully saturated rings. The zero-order valence-corrected chi connectivity index (χ0v) is 12.6. The molecule has 0 spiro atoms. The highest BCUT2D eigenvalue weighted by Gasteiger charge is 2.19. The van der Waals surface area contributed by atoms with Crippen molar-refractivity contribution in [1.82, 2.24) is 5.32 Å². The highest BCUT2D eigenvalue weighted by atomic mass is 32.1. The molecule has 3 nitrogen and oxygen atoms in total. The van der Waals surface area contributed by atoms with Crippen molar-refractivity contribution in [2.45, 2.75) is 6.92 Å². The number of urea groups is 1. The first-order chi connectivity index (χ1) is 10.3. The van der Waals surface area contributed by atoms with Gasteiger partial charge in [0, 0.05) is 16.6 Å². The largest absolute Gasteiger partial charge is 0.338 e. The number of nitrogens with one attached hydrogen (secondary N) is 1. The average molecular weight is 296 g/mol. The van der Waals surface area contributed by atoms with Crippen LogP contribution in [0.1, 0.15) is 6.92 Å². The van der Waals surface area contributed by atoms with Gasteiger partial charge in [0.25, 0.3) is 0 Å². The van der Waals surface area contributed by atoms with Crippen LogP contribution in [0.4, 0.5) is 16.2 Å². The fourth-order valence-electron chi connectivity index (χ4n) is 2.35. The molecule has 1 heterocycles. The summed E-state index contributed by atoms with van der Waals surface area (Å²) in [6.45, 7) is 2.52. The first kappa shape index (κ1) is 13.6. The Morgan fingerprint density at radius 1 is 1.10 bits per heavy atom. The molecule has 0 bridgehead atoms. The van der Waals surface area contributed by atoms with Crippen molar-refractivity contribution in [3.63, 3.8) is 0 Å². The number of carbonyl (C=O) groups excluding carboxylic acids is 1. The second-order valence-electron chi connectivity index (χ2n) is 4.62. The Hall–Kier alpha value is -2.33. The first-order valence-electron chi connectivity index (χ1n) is 6.90. The van der Waals surface area contributed by atoms with Crippen molar-refractivity contribution in [3.05, 3.63) is 60.0 Å². The van der Waals surface area contributed by atoms with E-state index >= 15 is 0 Å². The molecule has 0 aliphatic carbocycles. The summed E-state index contributed by atoms with van der Waals surface area (Å²) >= 11 is 1.68. The molecule has 2 amide bonds. The van der Waals surface area contributed by atoms with Crippen LogP contribution in [-0.4, -0.2) is 12.6 Å². The summed E-state index contributed by atoms with van der Waals surface area (Å²) in [5.74, 6) is 0. The molecule has 0 saturated carbocycles. The Morgan fingerprint density at radius 3 is 2.67 bits per heavy atom. The average Bonchev–Trinajstić information content (AvgIpc) is 2.98. The lowest BCUT2D eigenvalue weighted by atomic mass is 10.2. The SMILES string of the molecule is CCNC(=O)N(c1ccccc1)c1cccc2sccc12. The molecular weight excluding hydrogens is 280 g/mol. The number of carbonyl (C=O) groups is 1. The summed E-state index contributed by atoms with van der Waals surface area (Å²) in [5.41, 5.74) is 1.77. The number of rotatable bonds is 3. The second kappa shape index (κ2) is 5.97. The van der Waals surface area contributed by atoms with Gasteiger partial charge in [0.15, 0.2) is 0 Å². The molecule has 0 saturated heterocycles. The number of hydrogen-bond acceptors (Lipinski definition) is 2.